The molecule has 1 aliphatic carbocycles. The number of benzene rings is 1. The van der Waals surface area contributed by atoms with E-state index in [1.807, 2.05) is 18.2 Å². The molecule has 1 atom stereocenters. The van der Waals surface area contributed by atoms with Crippen LogP contribution in [0.1, 0.15) is 57.4 Å². The summed E-state index contributed by atoms with van der Waals surface area (Å²) in [7, 11) is 0. The van der Waals surface area contributed by atoms with Crippen LogP contribution in [-0.2, 0) is 5.60 Å². The van der Waals surface area contributed by atoms with Crippen molar-refractivity contribution >= 4 is 0 Å². The maximum Gasteiger partial charge on any atom is 0.0899 e. The molecule has 17 heavy (non-hydrogen) atoms. The van der Waals surface area contributed by atoms with Crippen LogP contribution in [0.4, 0.5) is 0 Å². The van der Waals surface area contributed by atoms with Crippen LogP contribution in [0.3, 0.4) is 0 Å². The van der Waals surface area contributed by atoms with Crippen molar-refractivity contribution in [2.75, 3.05) is 0 Å². The molecule has 94 valence electrons. The Morgan fingerprint density at radius 1 is 1.18 bits per heavy atom. The molecule has 1 aromatic carbocycles. The molecule has 0 bridgehead atoms. The van der Waals surface area contributed by atoms with Crippen molar-refractivity contribution in [3.8, 4) is 0 Å². The number of aliphatic hydroxyl groups is 1. The normalized spacial score (nSPS) is 20.4. The second-order valence-corrected chi connectivity index (χ2v) is 5.50. The Balaban J connectivity index is 2.13. The average Bonchev–Trinajstić information content (AvgIpc) is 2.83. The minimum absolute atomic E-state index is 0.592. The van der Waals surface area contributed by atoms with E-state index in [0.29, 0.717) is 0 Å². The highest BCUT2D eigenvalue weighted by molar-refractivity contribution is 5.22. The smallest absolute Gasteiger partial charge is 0.0899 e. The summed E-state index contributed by atoms with van der Waals surface area (Å²) in [6.07, 6.45) is 8.18. The van der Waals surface area contributed by atoms with E-state index in [0.717, 1.165) is 30.7 Å². The van der Waals surface area contributed by atoms with Crippen LogP contribution >= 0.6 is 0 Å². The van der Waals surface area contributed by atoms with Crippen LogP contribution in [-0.4, -0.2) is 5.11 Å². The minimum atomic E-state index is -0.592. The topological polar surface area (TPSA) is 20.2 Å². The van der Waals surface area contributed by atoms with E-state index in [2.05, 4.69) is 19.1 Å². The number of hydrogen-bond acceptors (Lipinski definition) is 1. The maximum absolute atomic E-state index is 10.9. The zero-order chi connectivity index (χ0) is 12.1. The summed E-state index contributed by atoms with van der Waals surface area (Å²) in [5, 5.41) is 10.9. The lowest BCUT2D eigenvalue weighted by Crippen LogP contribution is -2.28. The van der Waals surface area contributed by atoms with Gasteiger partial charge in [-0.2, -0.15) is 0 Å². The zero-order valence-electron chi connectivity index (χ0n) is 10.9. The third-order valence-corrected chi connectivity index (χ3v) is 4.08. The number of hydrogen-bond donors (Lipinski definition) is 1. The van der Waals surface area contributed by atoms with Gasteiger partial charge >= 0.3 is 0 Å². The Kier molecular flexibility index (Phi) is 4.22. The molecule has 1 heteroatoms. The first kappa shape index (κ1) is 12.6. The first-order valence-corrected chi connectivity index (χ1v) is 7.02. The molecule has 0 spiro atoms. The molecule has 0 saturated heterocycles. The molecule has 0 heterocycles. The maximum atomic E-state index is 10.9. The summed E-state index contributed by atoms with van der Waals surface area (Å²) < 4.78 is 0. The second kappa shape index (κ2) is 5.68. The van der Waals surface area contributed by atoms with Crippen molar-refractivity contribution in [2.24, 2.45) is 5.92 Å². The molecule has 1 aromatic rings. The van der Waals surface area contributed by atoms with Gasteiger partial charge in [0.2, 0.25) is 0 Å². The van der Waals surface area contributed by atoms with E-state index in [1.165, 1.54) is 25.7 Å². The van der Waals surface area contributed by atoms with Crippen LogP contribution in [0.25, 0.3) is 0 Å². The quantitative estimate of drug-likeness (QED) is 0.804. The molecular weight excluding hydrogens is 208 g/mol. The van der Waals surface area contributed by atoms with E-state index in [4.69, 9.17) is 0 Å². The highest BCUT2D eigenvalue weighted by atomic mass is 16.3. The lowest BCUT2D eigenvalue weighted by Gasteiger charge is -2.31. The van der Waals surface area contributed by atoms with Crippen molar-refractivity contribution in [1.82, 2.24) is 0 Å². The molecule has 0 aliphatic heterocycles. The van der Waals surface area contributed by atoms with Crippen molar-refractivity contribution in [3.63, 3.8) is 0 Å². The zero-order valence-corrected chi connectivity index (χ0v) is 10.9. The highest BCUT2D eigenvalue weighted by Crippen LogP contribution is 2.39. The van der Waals surface area contributed by atoms with E-state index in [1.54, 1.807) is 0 Å². The van der Waals surface area contributed by atoms with Crippen LogP contribution in [0.15, 0.2) is 30.3 Å². The molecule has 1 unspecified atom stereocenters. The van der Waals surface area contributed by atoms with Gasteiger partial charge in [-0.25, -0.2) is 0 Å². The van der Waals surface area contributed by atoms with Gasteiger partial charge in [-0.1, -0.05) is 69.4 Å². The molecule has 0 radical (unpaired) electrons. The van der Waals surface area contributed by atoms with Gasteiger partial charge in [0.25, 0.3) is 0 Å². The van der Waals surface area contributed by atoms with Crippen molar-refractivity contribution < 1.29 is 5.11 Å². The van der Waals surface area contributed by atoms with Gasteiger partial charge in [-0.05, 0) is 24.3 Å². The van der Waals surface area contributed by atoms with Gasteiger partial charge in [0.1, 0.15) is 0 Å². The molecular formula is C16H24O. The monoisotopic (exact) mass is 232 g/mol. The van der Waals surface area contributed by atoms with Crippen LogP contribution in [0, 0.1) is 5.92 Å². The third kappa shape index (κ3) is 3.10. The van der Waals surface area contributed by atoms with Gasteiger partial charge < -0.3 is 5.11 Å². The fourth-order valence-electron chi connectivity index (χ4n) is 3.22. The van der Waals surface area contributed by atoms with Gasteiger partial charge in [0.05, 0.1) is 5.60 Å². The van der Waals surface area contributed by atoms with Gasteiger partial charge in [-0.3, -0.25) is 0 Å². The van der Waals surface area contributed by atoms with Crippen molar-refractivity contribution in [1.29, 1.82) is 0 Å². The van der Waals surface area contributed by atoms with E-state index in [9.17, 15) is 5.11 Å². The fraction of sp³-hybridized carbons (Fsp3) is 0.625. The predicted octanol–water partition coefficient (Wildman–Crippen LogP) is 4.25. The van der Waals surface area contributed by atoms with Gasteiger partial charge in [-0.15, -0.1) is 0 Å². The van der Waals surface area contributed by atoms with Crippen molar-refractivity contribution in [3.05, 3.63) is 35.9 Å². The first-order chi connectivity index (χ1) is 8.24. The van der Waals surface area contributed by atoms with E-state index >= 15 is 0 Å². The van der Waals surface area contributed by atoms with Crippen LogP contribution in [0.5, 0.6) is 0 Å². The van der Waals surface area contributed by atoms with Crippen molar-refractivity contribution in [2.45, 2.75) is 57.5 Å². The molecule has 1 fully saturated rings. The molecule has 0 amide bonds. The Morgan fingerprint density at radius 3 is 2.41 bits per heavy atom. The lowest BCUT2D eigenvalue weighted by atomic mass is 9.81. The Morgan fingerprint density at radius 2 is 1.82 bits per heavy atom. The summed E-state index contributed by atoms with van der Waals surface area (Å²) >= 11 is 0. The largest absolute Gasteiger partial charge is 0.385 e. The molecule has 1 saturated carbocycles. The second-order valence-electron chi connectivity index (χ2n) is 5.50. The molecule has 0 aromatic heterocycles. The first-order valence-electron chi connectivity index (χ1n) is 7.02. The van der Waals surface area contributed by atoms with Crippen LogP contribution < -0.4 is 0 Å². The standard InChI is InChI=1S/C16H24O/c1-2-12-16(17,13-14-8-6-7-9-14)15-10-4-3-5-11-15/h3-5,10-11,14,17H,2,6-9,12-13H2,1H3. The molecule has 1 aliphatic rings. The SMILES string of the molecule is CCCC(O)(CC1CCCC1)c1ccccc1. The molecule has 1 N–H and O–H groups in total. The summed E-state index contributed by atoms with van der Waals surface area (Å²) in [6, 6.07) is 10.2. The summed E-state index contributed by atoms with van der Waals surface area (Å²) in [5.74, 6) is 0.728. The third-order valence-electron chi connectivity index (χ3n) is 4.08. The van der Waals surface area contributed by atoms with E-state index < -0.39 is 5.60 Å². The lowest BCUT2D eigenvalue weighted by molar-refractivity contribution is 0.00239. The Bertz CT molecular complexity index is 327. The minimum Gasteiger partial charge on any atom is -0.385 e. The molecule has 1 nitrogen and oxygen atoms in total. The summed E-state index contributed by atoms with van der Waals surface area (Å²) in [5.41, 5.74) is 0.513. The van der Waals surface area contributed by atoms with E-state index in [-0.39, 0.29) is 0 Å². The Hall–Kier alpha value is -0.820. The van der Waals surface area contributed by atoms with Gasteiger partial charge in [0, 0.05) is 0 Å². The Labute approximate surface area is 105 Å². The van der Waals surface area contributed by atoms with Crippen LogP contribution in [0.2, 0.25) is 0 Å². The molecule has 2 rings (SSSR count). The highest BCUT2D eigenvalue weighted by Gasteiger charge is 2.32. The summed E-state index contributed by atoms with van der Waals surface area (Å²) in [6.45, 7) is 2.16. The predicted molar refractivity (Wildman–Crippen MR) is 71.8 cm³/mol. The fourth-order valence-corrected chi connectivity index (χ4v) is 3.22. The van der Waals surface area contributed by atoms with Gasteiger partial charge in [0.15, 0.2) is 0 Å². The number of rotatable bonds is 5. The average molecular weight is 232 g/mol. The summed E-state index contributed by atoms with van der Waals surface area (Å²) in [4.78, 5) is 0.